The summed E-state index contributed by atoms with van der Waals surface area (Å²) < 4.78 is 35.1. The first-order chi connectivity index (χ1) is 13.6. The first-order valence-corrected chi connectivity index (χ1v) is 8.81. The van der Waals surface area contributed by atoms with Crippen LogP contribution in [0.2, 0.25) is 0 Å². The van der Waals surface area contributed by atoms with Crippen LogP contribution in [0.15, 0.2) is 30.3 Å². The number of morpholine rings is 1. The van der Waals surface area contributed by atoms with E-state index in [1.807, 2.05) is 4.90 Å². The Morgan fingerprint density at radius 3 is 2.25 bits per heavy atom. The van der Waals surface area contributed by atoms with E-state index in [1.54, 1.807) is 18.2 Å². The number of amides is 1. The largest absolute Gasteiger partial charge is 0.493 e. The number of halogens is 1. The van der Waals surface area contributed by atoms with Crippen molar-refractivity contribution in [3.8, 4) is 17.2 Å². The number of hydrogen-bond acceptors (Lipinski definition) is 6. The highest BCUT2D eigenvalue weighted by Crippen LogP contribution is 2.38. The minimum absolute atomic E-state index is 0.298. The molecule has 1 amide bonds. The fourth-order valence-electron chi connectivity index (χ4n) is 3.10. The standard InChI is InChI=1S/C20H23FN2O5/c1-25-17-10-13(11-18(26-2)19(17)27-3)20(24)22-15-12-14(21)4-5-16(15)23-6-8-28-9-7-23/h4-5,10-12H,6-9H2,1-3H3,(H,22,24). The van der Waals surface area contributed by atoms with Gasteiger partial charge in [0, 0.05) is 18.7 Å². The Labute approximate surface area is 162 Å². The van der Waals surface area contributed by atoms with Gasteiger partial charge in [0.25, 0.3) is 5.91 Å². The van der Waals surface area contributed by atoms with Crippen LogP contribution >= 0.6 is 0 Å². The molecule has 7 nitrogen and oxygen atoms in total. The Morgan fingerprint density at radius 1 is 1.04 bits per heavy atom. The Bertz CT molecular complexity index is 827. The van der Waals surface area contributed by atoms with Crippen molar-refractivity contribution in [3.05, 3.63) is 41.7 Å². The monoisotopic (exact) mass is 390 g/mol. The summed E-state index contributed by atoms with van der Waals surface area (Å²) in [6.07, 6.45) is 0. The van der Waals surface area contributed by atoms with E-state index in [4.69, 9.17) is 18.9 Å². The van der Waals surface area contributed by atoms with Crippen molar-refractivity contribution in [2.45, 2.75) is 0 Å². The second kappa shape index (κ2) is 8.79. The molecule has 0 spiro atoms. The molecule has 150 valence electrons. The molecule has 1 heterocycles. The normalized spacial score (nSPS) is 13.8. The van der Waals surface area contributed by atoms with Crippen LogP contribution in [0, 0.1) is 5.82 Å². The van der Waals surface area contributed by atoms with E-state index in [0.717, 1.165) is 5.69 Å². The molecular weight excluding hydrogens is 367 g/mol. The third-order valence-corrected chi connectivity index (χ3v) is 4.49. The molecule has 2 aromatic rings. The highest BCUT2D eigenvalue weighted by Gasteiger charge is 2.20. The van der Waals surface area contributed by atoms with Gasteiger partial charge in [-0.1, -0.05) is 0 Å². The van der Waals surface area contributed by atoms with E-state index < -0.39 is 11.7 Å². The zero-order valence-corrected chi connectivity index (χ0v) is 16.1. The Hall–Kier alpha value is -3.00. The molecule has 0 saturated carbocycles. The third kappa shape index (κ3) is 4.12. The van der Waals surface area contributed by atoms with E-state index in [-0.39, 0.29) is 0 Å². The van der Waals surface area contributed by atoms with Crippen molar-refractivity contribution >= 4 is 17.3 Å². The third-order valence-electron chi connectivity index (χ3n) is 4.49. The van der Waals surface area contributed by atoms with Gasteiger partial charge in [-0.15, -0.1) is 0 Å². The number of nitrogens with zero attached hydrogens (tertiary/aromatic N) is 1. The smallest absolute Gasteiger partial charge is 0.255 e. The highest BCUT2D eigenvalue weighted by atomic mass is 19.1. The summed E-state index contributed by atoms with van der Waals surface area (Å²) in [5.74, 6) is 0.261. The Kier molecular flexibility index (Phi) is 6.20. The second-order valence-corrected chi connectivity index (χ2v) is 6.13. The Morgan fingerprint density at radius 2 is 1.68 bits per heavy atom. The molecule has 0 radical (unpaired) electrons. The van der Waals surface area contributed by atoms with Crippen molar-refractivity contribution in [1.82, 2.24) is 0 Å². The van der Waals surface area contributed by atoms with Gasteiger partial charge in [-0.25, -0.2) is 4.39 Å². The van der Waals surface area contributed by atoms with Crippen LogP contribution in [-0.2, 0) is 4.74 Å². The molecular formula is C20H23FN2O5. The van der Waals surface area contributed by atoms with Gasteiger partial charge in [-0.3, -0.25) is 4.79 Å². The summed E-state index contributed by atoms with van der Waals surface area (Å²) >= 11 is 0. The number of carbonyl (C=O) groups is 1. The first kappa shape index (κ1) is 19.8. The fourth-order valence-corrected chi connectivity index (χ4v) is 3.10. The molecule has 0 bridgehead atoms. The van der Waals surface area contributed by atoms with Crippen LogP contribution in [0.4, 0.5) is 15.8 Å². The van der Waals surface area contributed by atoms with Crippen LogP contribution < -0.4 is 24.4 Å². The number of rotatable bonds is 6. The van der Waals surface area contributed by atoms with Gasteiger partial charge in [-0.05, 0) is 30.3 Å². The molecule has 2 aromatic carbocycles. The summed E-state index contributed by atoms with van der Waals surface area (Å²) in [6.45, 7) is 2.49. The molecule has 28 heavy (non-hydrogen) atoms. The predicted octanol–water partition coefficient (Wildman–Crippen LogP) is 2.94. The molecule has 0 aromatic heterocycles. The average Bonchev–Trinajstić information content (AvgIpc) is 2.73. The maximum absolute atomic E-state index is 13.9. The molecule has 3 rings (SSSR count). The quantitative estimate of drug-likeness (QED) is 0.818. The van der Waals surface area contributed by atoms with E-state index >= 15 is 0 Å². The number of anilines is 2. The number of hydrogen-bond donors (Lipinski definition) is 1. The van der Waals surface area contributed by atoms with Gasteiger partial charge >= 0.3 is 0 Å². The molecule has 1 fully saturated rings. The lowest BCUT2D eigenvalue weighted by Gasteiger charge is -2.30. The van der Waals surface area contributed by atoms with Crippen molar-refractivity contribution in [2.75, 3.05) is 57.8 Å². The maximum Gasteiger partial charge on any atom is 0.255 e. The maximum atomic E-state index is 13.9. The summed E-state index contributed by atoms with van der Waals surface area (Å²) in [4.78, 5) is 14.9. The minimum atomic E-state index is -0.433. The molecule has 1 N–H and O–H groups in total. The molecule has 1 aliphatic heterocycles. The zero-order chi connectivity index (χ0) is 20.1. The van der Waals surface area contributed by atoms with Gasteiger partial charge in [0.15, 0.2) is 11.5 Å². The van der Waals surface area contributed by atoms with E-state index in [2.05, 4.69) is 5.32 Å². The van der Waals surface area contributed by atoms with Crippen LogP contribution in [0.25, 0.3) is 0 Å². The van der Waals surface area contributed by atoms with Crippen molar-refractivity contribution in [2.24, 2.45) is 0 Å². The zero-order valence-electron chi connectivity index (χ0n) is 16.1. The van der Waals surface area contributed by atoms with Crippen LogP contribution in [0.3, 0.4) is 0 Å². The van der Waals surface area contributed by atoms with Crippen LogP contribution in [0.5, 0.6) is 17.2 Å². The average molecular weight is 390 g/mol. The fraction of sp³-hybridized carbons (Fsp3) is 0.350. The van der Waals surface area contributed by atoms with Gasteiger partial charge in [0.2, 0.25) is 5.75 Å². The van der Waals surface area contributed by atoms with Crippen molar-refractivity contribution in [1.29, 1.82) is 0 Å². The number of nitrogens with one attached hydrogen (secondary N) is 1. The van der Waals surface area contributed by atoms with Gasteiger partial charge in [0.1, 0.15) is 5.82 Å². The van der Waals surface area contributed by atoms with Crippen molar-refractivity contribution in [3.63, 3.8) is 0 Å². The lowest BCUT2D eigenvalue weighted by molar-refractivity contribution is 0.102. The van der Waals surface area contributed by atoms with Crippen molar-refractivity contribution < 1.29 is 28.1 Å². The number of ether oxygens (including phenoxy) is 4. The molecule has 8 heteroatoms. The number of benzene rings is 2. The summed E-state index contributed by atoms with van der Waals surface area (Å²) in [5.41, 5.74) is 1.43. The lowest BCUT2D eigenvalue weighted by Crippen LogP contribution is -2.36. The second-order valence-electron chi connectivity index (χ2n) is 6.13. The minimum Gasteiger partial charge on any atom is -0.493 e. The molecule has 0 unspecified atom stereocenters. The van der Waals surface area contributed by atoms with Crippen LogP contribution in [0.1, 0.15) is 10.4 Å². The summed E-state index contributed by atoms with van der Waals surface area (Å²) in [5, 5.41) is 2.79. The Balaban J connectivity index is 1.92. The van der Waals surface area contributed by atoms with E-state index in [0.29, 0.717) is 54.8 Å². The predicted molar refractivity (Wildman–Crippen MR) is 103 cm³/mol. The topological polar surface area (TPSA) is 69.3 Å². The first-order valence-electron chi connectivity index (χ1n) is 8.81. The summed E-state index contributed by atoms with van der Waals surface area (Å²) in [6, 6.07) is 7.43. The van der Waals surface area contributed by atoms with E-state index in [1.165, 1.54) is 33.5 Å². The number of methoxy groups -OCH3 is 3. The van der Waals surface area contributed by atoms with Gasteiger partial charge < -0.3 is 29.2 Å². The molecule has 0 aliphatic carbocycles. The van der Waals surface area contributed by atoms with Gasteiger partial charge in [-0.2, -0.15) is 0 Å². The van der Waals surface area contributed by atoms with Crippen LogP contribution in [-0.4, -0.2) is 53.5 Å². The lowest BCUT2D eigenvalue weighted by atomic mass is 10.1. The van der Waals surface area contributed by atoms with Gasteiger partial charge in [0.05, 0.1) is 45.9 Å². The van der Waals surface area contributed by atoms with E-state index in [9.17, 15) is 9.18 Å². The number of carbonyl (C=O) groups excluding carboxylic acids is 1. The molecule has 0 atom stereocenters. The molecule has 1 saturated heterocycles. The SMILES string of the molecule is COc1cc(C(=O)Nc2cc(F)ccc2N2CCOCC2)cc(OC)c1OC. The highest BCUT2D eigenvalue weighted by molar-refractivity contribution is 6.06. The molecule has 1 aliphatic rings. The summed E-state index contributed by atoms with van der Waals surface area (Å²) in [7, 11) is 4.44.